The maximum absolute atomic E-state index is 12.6. The SMILES string of the molecule is CN1CCn2nc(C(=O)NC3CCC(Oc4ccc5c(c4)OCO5)CC3)cc2C1=O. The number of nitrogens with zero attached hydrogens (tertiary/aromatic N) is 3. The number of hydrogen-bond acceptors (Lipinski definition) is 6. The van der Waals surface area contributed by atoms with Crippen LogP contribution in [0.5, 0.6) is 17.2 Å². The second-order valence-corrected chi connectivity index (χ2v) is 7.94. The molecule has 3 heterocycles. The first-order chi connectivity index (χ1) is 14.6. The third-order valence-corrected chi connectivity index (χ3v) is 5.88. The molecule has 1 aromatic heterocycles. The summed E-state index contributed by atoms with van der Waals surface area (Å²) >= 11 is 0. The van der Waals surface area contributed by atoms with E-state index in [4.69, 9.17) is 14.2 Å². The van der Waals surface area contributed by atoms with Crippen molar-refractivity contribution in [2.45, 2.75) is 44.4 Å². The third kappa shape index (κ3) is 3.55. The number of ether oxygens (including phenoxy) is 3. The number of nitrogens with one attached hydrogen (secondary N) is 1. The van der Waals surface area contributed by atoms with Crippen LogP contribution in [0.25, 0.3) is 0 Å². The quantitative estimate of drug-likeness (QED) is 0.823. The number of aromatic nitrogens is 2. The van der Waals surface area contributed by atoms with Crippen molar-refractivity contribution in [3.8, 4) is 17.2 Å². The highest BCUT2D eigenvalue weighted by Gasteiger charge is 2.28. The first kappa shape index (κ1) is 18.8. The molecular weight excluding hydrogens is 388 g/mol. The molecule has 2 aliphatic heterocycles. The van der Waals surface area contributed by atoms with E-state index in [0.717, 1.165) is 37.2 Å². The fourth-order valence-electron chi connectivity index (χ4n) is 4.14. The molecule has 2 amide bonds. The van der Waals surface area contributed by atoms with Gasteiger partial charge >= 0.3 is 0 Å². The van der Waals surface area contributed by atoms with E-state index in [1.165, 1.54) is 0 Å². The number of likely N-dealkylation sites (N-methyl/N-ethyl adjacent to an activating group) is 1. The first-order valence-corrected chi connectivity index (χ1v) is 10.3. The number of carbonyl (C=O) groups is 2. The van der Waals surface area contributed by atoms with Gasteiger partial charge in [0, 0.05) is 31.8 Å². The van der Waals surface area contributed by atoms with Gasteiger partial charge in [-0.05, 0) is 37.8 Å². The van der Waals surface area contributed by atoms with Gasteiger partial charge in [0.1, 0.15) is 11.4 Å². The molecule has 1 N–H and O–H groups in total. The zero-order valence-electron chi connectivity index (χ0n) is 16.8. The maximum atomic E-state index is 12.6. The van der Waals surface area contributed by atoms with Gasteiger partial charge in [-0.1, -0.05) is 0 Å². The molecule has 0 unspecified atom stereocenters. The molecular formula is C21H24N4O5. The molecule has 1 saturated carbocycles. The summed E-state index contributed by atoms with van der Waals surface area (Å²) in [5, 5.41) is 7.37. The Labute approximate surface area is 173 Å². The van der Waals surface area contributed by atoms with Gasteiger partial charge in [-0.15, -0.1) is 0 Å². The molecule has 2 aromatic rings. The van der Waals surface area contributed by atoms with Gasteiger partial charge in [0.05, 0.1) is 12.6 Å². The molecule has 30 heavy (non-hydrogen) atoms. The van der Waals surface area contributed by atoms with Crippen molar-refractivity contribution >= 4 is 11.8 Å². The van der Waals surface area contributed by atoms with Crippen molar-refractivity contribution in [1.29, 1.82) is 0 Å². The van der Waals surface area contributed by atoms with Crippen molar-refractivity contribution in [3.05, 3.63) is 35.7 Å². The summed E-state index contributed by atoms with van der Waals surface area (Å²) in [4.78, 5) is 26.5. The van der Waals surface area contributed by atoms with E-state index in [0.29, 0.717) is 30.2 Å². The molecule has 0 atom stereocenters. The number of carbonyl (C=O) groups excluding carboxylic acids is 2. The lowest BCUT2D eigenvalue weighted by atomic mass is 9.93. The Morgan fingerprint density at radius 1 is 1.13 bits per heavy atom. The molecule has 1 fully saturated rings. The van der Waals surface area contributed by atoms with Crippen molar-refractivity contribution < 1.29 is 23.8 Å². The summed E-state index contributed by atoms with van der Waals surface area (Å²) in [6, 6.07) is 7.26. The van der Waals surface area contributed by atoms with Crippen LogP contribution in [0.2, 0.25) is 0 Å². The molecule has 0 spiro atoms. The number of amides is 2. The average Bonchev–Trinajstić information content (AvgIpc) is 3.39. The van der Waals surface area contributed by atoms with Gasteiger partial charge in [-0.3, -0.25) is 14.3 Å². The molecule has 3 aliphatic rings. The van der Waals surface area contributed by atoms with Crippen LogP contribution in [0, 0.1) is 0 Å². The molecule has 5 rings (SSSR count). The molecule has 158 valence electrons. The Morgan fingerprint density at radius 3 is 2.77 bits per heavy atom. The van der Waals surface area contributed by atoms with Crippen molar-refractivity contribution in [3.63, 3.8) is 0 Å². The standard InChI is InChI=1S/C21H24N4O5/c1-24-8-9-25-17(21(24)27)11-16(23-25)20(26)22-13-2-4-14(5-3-13)30-15-6-7-18-19(10-15)29-12-28-18/h6-7,10-11,13-14H,2-5,8-9,12H2,1H3,(H,22,26). The highest BCUT2D eigenvalue weighted by molar-refractivity contribution is 5.98. The predicted octanol–water partition coefficient (Wildman–Crippen LogP) is 1.82. The lowest BCUT2D eigenvalue weighted by Crippen LogP contribution is -2.40. The highest BCUT2D eigenvalue weighted by Crippen LogP contribution is 2.36. The Hall–Kier alpha value is -3.23. The van der Waals surface area contributed by atoms with Gasteiger partial charge in [-0.2, -0.15) is 5.10 Å². The summed E-state index contributed by atoms with van der Waals surface area (Å²) in [5.74, 6) is 1.88. The van der Waals surface area contributed by atoms with Gasteiger partial charge < -0.3 is 24.4 Å². The van der Waals surface area contributed by atoms with Gasteiger partial charge in [0.2, 0.25) is 6.79 Å². The van der Waals surface area contributed by atoms with Crippen LogP contribution in [-0.2, 0) is 6.54 Å². The molecule has 0 radical (unpaired) electrons. The lowest BCUT2D eigenvalue weighted by molar-refractivity contribution is 0.0742. The van der Waals surface area contributed by atoms with Crippen LogP contribution in [0.1, 0.15) is 46.7 Å². The minimum absolute atomic E-state index is 0.0752. The van der Waals surface area contributed by atoms with E-state index in [1.54, 1.807) is 22.7 Å². The predicted molar refractivity (Wildman–Crippen MR) is 106 cm³/mol. The summed E-state index contributed by atoms with van der Waals surface area (Å²) in [6.45, 7) is 1.45. The Balaban J connectivity index is 1.14. The van der Waals surface area contributed by atoms with Gasteiger partial charge in [0.15, 0.2) is 17.2 Å². The van der Waals surface area contributed by atoms with E-state index < -0.39 is 0 Å². The molecule has 1 aromatic carbocycles. The number of rotatable bonds is 4. The highest BCUT2D eigenvalue weighted by atomic mass is 16.7. The van der Waals surface area contributed by atoms with Crippen molar-refractivity contribution in [2.75, 3.05) is 20.4 Å². The van der Waals surface area contributed by atoms with Crippen LogP contribution in [0.4, 0.5) is 0 Å². The fraction of sp³-hybridized carbons (Fsp3) is 0.476. The van der Waals surface area contributed by atoms with E-state index in [9.17, 15) is 9.59 Å². The minimum atomic E-state index is -0.229. The summed E-state index contributed by atoms with van der Waals surface area (Å²) in [5.41, 5.74) is 0.766. The molecule has 0 saturated heterocycles. The molecule has 0 bridgehead atoms. The summed E-state index contributed by atoms with van der Waals surface area (Å²) in [7, 11) is 1.75. The molecule has 1 aliphatic carbocycles. The monoisotopic (exact) mass is 412 g/mol. The second-order valence-electron chi connectivity index (χ2n) is 7.94. The topological polar surface area (TPSA) is 94.9 Å². The van der Waals surface area contributed by atoms with Crippen molar-refractivity contribution in [2.24, 2.45) is 0 Å². The molecule has 9 nitrogen and oxygen atoms in total. The second kappa shape index (κ2) is 7.55. The van der Waals surface area contributed by atoms with E-state index in [-0.39, 0.29) is 30.8 Å². The smallest absolute Gasteiger partial charge is 0.272 e. The first-order valence-electron chi connectivity index (χ1n) is 10.3. The fourth-order valence-corrected chi connectivity index (χ4v) is 4.14. The Kier molecular flexibility index (Phi) is 4.72. The van der Waals surface area contributed by atoms with Gasteiger partial charge in [-0.25, -0.2) is 0 Å². The number of fused-ring (bicyclic) bond motifs is 2. The van der Waals surface area contributed by atoms with Crippen LogP contribution in [0.15, 0.2) is 24.3 Å². The van der Waals surface area contributed by atoms with E-state index in [1.807, 2.05) is 18.2 Å². The van der Waals surface area contributed by atoms with E-state index >= 15 is 0 Å². The largest absolute Gasteiger partial charge is 0.490 e. The minimum Gasteiger partial charge on any atom is -0.490 e. The Morgan fingerprint density at radius 2 is 1.93 bits per heavy atom. The zero-order valence-corrected chi connectivity index (χ0v) is 16.8. The van der Waals surface area contributed by atoms with E-state index in [2.05, 4.69) is 10.4 Å². The van der Waals surface area contributed by atoms with Crippen LogP contribution >= 0.6 is 0 Å². The summed E-state index contributed by atoms with van der Waals surface area (Å²) < 4.78 is 18.4. The van der Waals surface area contributed by atoms with Crippen LogP contribution in [-0.4, -0.2) is 59.0 Å². The number of hydrogen-bond donors (Lipinski definition) is 1. The lowest BCUT2D eigenvalue weighted by Gasteiger charge is -2.29. The number of benzene rings is 1. The van der Waals surface area contributed by atoms with Crippen LogP contribution in [0.3, 0.4) is 0 Å². The molecule has 9 heteroatoms. The normalized spacial score (nSPS) is 22.6. The zero-order chi connectivity index (χ0) is 20.7. The van der Waals surface area contributed by atoms with Crippen LogP contribution < -0.4 is 19.5 Å². The maximum Gasteiger partial charge on any atom is 0.272 e. The summed E-state index contributed by atoms with van der Waals surface area (Å²) in [6.07, 6.45) is 3.46. The van der Waals surface area contributed by atoms with Crippen molar-refractivity contribution in [1.82, 2.24) is 20.0 Å². The average molecular weight is 412 g/mol. The van der Waals surface area contributed by atoms with Gasteiger partial charge in [0.25, 0.3) is 11.8 Å². The third-order valence-electron chi connectivity index (χ3n) is 5.88. The Bertz CT molecular complexity index is 980.